The van der Waals surface area contributed by atoms with Crippen molar-refractivity contribution in [3.8, 4) is 0 Å². The van der Waals surface area contributed by atoms with E-state index in [2.05, 4.69) is 59.4 Å². The van der Waals surface area contributed by atoms with Crippen LogP contribution in [-0.2, 0) is 14.4 Å². The van der Waals surface area contributed by atoms with E-state index in [1.54, 1.807) is 50.8 Å². The van der Waals surface area contributed by atoms with E-state index < -0.39 is 99.6 Å². The molecule has 6 aromatic heterocycles. The monoisotopic (exact) mass is 954 g/mol. The molecule has 0 saturated carbocycles. The first-order valence-electron chi connectivity index (χ1n) is 29.8. The molecule has 0 unspecified atom stereocenters. The second-order valence-corrected chi connectivity index (χ2v) is 15.8. The molecule has 3 aliphatic heterocycles. The van der Waals surface area contributed by atoms with Crippen molar-refractivity contribution in [2.45, 2.75) is 57.9 Å². The summed E-state index contributed by atoms with van der Waals surface area (Å²) in [5.41, 5.74) is 1.56. The summed E-state index contributed by atoms with van der Waals surface area (Å²) in [5, 5.41) is 1.77. The normalized spacial score (nSPS) is 31.1. The molecule has 69 heavy (non-hydrogen) atoms. The zero-order valence-electron chi connectivity index (χ0n) is 55.1. The predicted octanol–water partition coefficient (Wildman–Crippen LogP) is 4.65. The van der Waals surface area contributed by atoms with Crippen LogP contribution in [0.2, 0.25) is 0 Å². The highest BCUT2D eigenvalue weighted by atomic mass is 16.2. The van der Waals surface area contributed by atoms with Crippen LogP contribution < -0.4 is 14.7 Å². The number of aromatic amines is 3. The third-order valence-corrected chi connectivity index (χ3v) is 11.9. The summed E-state index contributed by atoms with van der Waals surface area (Å²) in [4.78, 5) is 86.7. The van der Waals surface area contributed by atoms with Crippen molar-refractivity contribution in [2.24, 2.45) is 17.7 Å². The summed E-state index contributed by atoms with van der Waals surface area (Å²) >= 11 is 0. The number of hydrogen-bond donors (Lipinski definition) is 3. The van der Waals surface area contributed by atoms with E-state index >= 15 is 0 Å². The fraction of sp³-hybridized carbons (Fsp3) is 0.500. The van der Waals surface area contributed by atoms with Crippen molar-refractivity contribution in [1.82, 2.24) is 59.6 Å². The molecule has 0 bridgehead atoms. The lowest BCUT2D eigenvalue weighted by Crippen LogP contribution is -2.53. The van der Waals surface area contributed by atoms with Gasteiger partial charge < -0.3 is 58.9 Å². The molecule has 0 spiro atoms. The molecule has 3 saturated heterocycles. The van der Waals surface area contributed by atoms with Gasteiger partial charge in [-0.2, -0.15) is 0 Å². The van der Waals surface area contributed by atoms with Crippen LogP contribution in [0, 0.1) is 37.4 Å². The largest absolute Gasteiger partial charge is 0.354 e. The molecule has 0 aliphatic carbocycles. The minimum absolute atomic E-state index is 0.0362. The minimum atomic E-state index is -2.87. The van der Waals surface area contributed by atoms with Crippen LogP contribution in [0.15, 0.2) is 55.8 Å². The number of aromatic nitrogens is 9. The van der Waals surface area contributed by atoms with Gasteiger partial charge in [0.25, 0.3) is 19.5 Å². The molecule has 21 nitrogen and oxygen atoms in total. The molecular formula is C48H60N18O3. The van der Waals surface area contributed by atoms with Crippen molar-refractivity contribution >= 4 is 68.3 Å². The predicted molar refractivity (Wildman–Crippen MR) is 264 cm³/mol. The molecule has 9 rings (SSSR count). The van der Waals surface area contributed by atoms with Crippen LogP contribution in [0.25, 0.3) is 47.6 Å². The first-order valence-corrected chi connectivity index (χ1v) is 21.3. The number of H-pyrrole nitrogens is 3. The van der Waals surface area contributed by atoms with E-state index in [1.807, 2.05) is 0 Å². The molecule has 3 fully saturated rings. The molecule has 9 heterocycles. The highest BCUT2D eigenvalue weighted by Crippen LogP contribution is 2.31. The Balaban J connectivity index is 0.000000185. The van der Waals surface area contributed by atoms with E-state index in [9.17, 15) is 14.4 Å². The molecule has 6 atom stereocenters. The summed E-state index contributed by atoms with van der Waals surface area (Å²) in [6.07, 6.45) is 8.57. The van der Waals surface area contributed by atoms with Gasteiger partial charge in [-0.1, -0.05) is 20.6 Å². The Morgan fingerprint density at radius 3 is 1.36 bits per heavy atom. The third kappa shape index (κ3) is 11.0. The van der Waals surface area contributed by atoms with Gasteiger partial charge in [0.2, 0.25) is 0 Å². The lowest BCUT2D eigenvalue weighted by Gasteiger charge is -2.41. The number of likely N-dealkylation sites (tertiary alicyclic amines) is 3. The second-order valence-electron chi connectivity index (χ2n) is 15.8. The number of anilines is 3. The van der Waals surface area contributed by atoms with Crippen LogP contribution in [0.5, 0.6) is 0 Å². The Morgan fingerprint density at radius 2 is 0.971 bits per heavy atom. The van der Waals surface area contributed by atoms with Gasteiger partial charge in [-0.05, 0) is 55.2 Å². The fourth-order valence-corrected chi connectivity index (χ4v) is 8.11. The molecule has 3 aliphatic rings. The lowest BCUT2D eigenvalue weighted by atomic mass is 9.92. The molecule has 6 aromatic rings. The summed E-state index contributed by atoms with van der Waals surface area (Å²) < 4.78 is 138. The van der Waals surface area contributed by atoms with Gasteiger partial charge in [0.1, 0.15) is 61.6 Å². The topological polar surface area (TPSA) is 208 Å². The number of nitrogens with one attached hydrogen (secondary N) is 3. The van der Waals surface area contributed by atoms with Gasteiger partial charge in [-0.15, -0.1) is 0 Å². The Hall–Kier alpha value is -7.86. The Morgan fingerprint density at radius 1 is 0.609 bits per heavy atom. The SMILES string of the molecule is [2H]C([2H])([N+]#[C-])C(=O)N1CC[C@@H](C([2H])([2H])[2H])[C@@]([2H])(N(C)c2ncnc3[nH]ccc23)C1.[2H]C([2H])([N+]#[C-])C(=O)N1CC[C@@]([2H])(C([2H])([2H])[2H])[C@@]([2H])(N(C)c2ncnc3[nH]ccc23)C1.[2H]C([2H])([N+]#[C-])C(=O)N1CC[C@@]([2H])(C)[C@@]([2H])(N(C)c2ncnc3[nH]ccc23)C1. The van der Waals surface area contributed by atoms with Gasteiger partial charge in [-0.3, -0.25) is 14.4 Å². The number of likely N-dealkylation sites (N-methyl/N-ethyl adjacent to an activating group) is 3. The fourth-order valence-electron chi connectivity index (χ4n) is 8.11. The van der Waals surface area contributed by atoms with E-state index in [4.69, 9.17) is 43.0 Å². The molecule has 0 aromatic carbocycles. The summed E-state index contributed by atoms with van der Waals surface area (Å²) in [7, 11) is 4.57. The van der Waals surface area contributed by atoms with Gasteiger partial charge >= 0.3 is 17.7 Å². The van der Waals surface area contributed by atoms with Crippen molar-refractivity contribution in [1.29, 1.82) is 0 Å². The maximum atomic E-state index is 12.5. The molecule has 3 N–H and O–H groups in total. The summed E-state index contributed by atoms with van der Waals surface area (Å²) in [6.45, 7) is 7.36. The molecule has 3 amide bonds. The van der Waals surface area contributed by atoms with Gasteiger partial charge in [0.15, 0.2) is 0 Å². The van der Waals surface area contributed by atoms with Crippen molar-refractivity contribution < 1.29 is 37.7 Å². The minimum Gasteiger partial charge on any atom is -0.354 e. The standard InChI is InChI=1S/3C16H20N6O/c3*1-11-5-7-22(14(23)8-17-2)9-13(11)21(3)16-12-4-6-18-15(12)19-10-20-16/h3*4,6,10-11,13H,5,7-9H2,1,3H3,(H,18,19,20)/t3*11-,13+/m111/s1/i1D3,8D2,11D,13D;8D2,11D,13D;1D3,8D2,13D. The first-order chi connectivity index (χ1) is 39.7. The first kappa shape index (κ1) is 31.2. The van der Waals surface area contributed by atoms with Crippen LogP contribution in [0.4, 0.5) is 17.5 Å². The average Bonchev–Trinajstić information content (AvgIpc) is 0.778. The number of carbonyl (C=O) groups is 3. The summed E-state index contributed by atoms with van der Waals surface area (Å²) in [6, 6.07) is -0.515. The van der Waals surface area contributed by atoms with Crippen molar-refractivity contribution in [3.05, 3.63) is 90.0 Å². The highest BCUT2D eigenvalue weighted by molar-refractivity contribution is 5.89. The van der Waals surface area contributed by atoms with Crippen molar-refractivity contribution in [3.63, 3.8) is 0 Å². The number of amides is 3. The average molecular weight is 954 g/mol. The highest BCUT2D eigenvalue weighted by Gasteiger charge is 2.36. The van der Waals surface area contributed by atoms with Crippen LogP contribution in [0.3, 0.4) is 0 Å². The van der Waals surface area contributed by atoms with E-state index in [0.29, 0.717) is 44.7 Å². The number of carbonyl (C=O) groups excluding carboxylic acids is 3. The van der Waals surface area contributed by atoms with Gasteiger partial charge in [-0.25, -0.2) is 49.6 Å². The lowest BCUT2D eigenvalue weighted by molar-refractivity contribution is -0.131. The van der Waals surface area contributed by atoms with E-state index in [1.165, 1.54) is 47.8 Å². The zero-order valence-corrected chi connectivity index (χ0v) is 38.1. The van der Waals surface area contributed by atoms with Crippen LogP contribution >= 0.6 is 0 Å². The Labute approximate surface area is 425 Å². The quantitative estimate of drug-likeness (QED) is 0.169. The molecular weight excluding hydrogens is 877 g/mol. The van der Waals surface area contributed by atoms with Crippen molar-refractivity contribution in [2.75, 3.05) is 94.6 Å². The van der Waals surface area contributed by atoms with Gasteiger partial charge in [0, 0.05) is 90.0 Å². The third-order valence-electron chi connectivity index (χ3n) is 11.9. The maximum absolute atomic E-state index is 12.5. The van der Waals surface area contributed by atoms with Crippen LogP contribution in [0.1, 0.15) is 63.2 Å². The number of piperidine rings is 3. The maximum Gasteiger partial charge on any atom is 0.302 e. The number of rotatable bonds is 9. The number of nitrogens with zero attached hydrogens (tertiary/aromatic N) is 15. The molecule has 21 heteroatoms. The van der Waals surface area contributed by atoms with Gasteiger partial charge in [0.05, 0.1) is 38.3 Å². The van der Waals surface area contributed by atoms with E-state index in [-0.39, 0.29) is 51.4 Å². The smallest absolute Gasteiger partial charge is 0.302 e. The summed E-state index contributed by atoms with van der Waals surface area (Å²) in [5.74, 6) is -6.94. The van der Waals surface area contributed by atoms with E-state index in [0.717, 1.165) is 14.7 Å². The Kier molecular flexibility index (Phi) is 10.1. The number of fused-ring (bicyclic) bond motifs is 3. The molecule has 0 radical (unpaired) electrons. The number of hydrogen-bond acceptors (Lipinski definition) is 12. The Bertz CT molecular complexity index is 3650. The second kappa shape index (κ2) is 22.3. The zero-order chi connectivity index (χ0) is 64.2. The van der Waals surface area contributed by atoms with Crippen LogP contribution in [-0.4, -0.2) is 175 Å². The molecule has 360 valence electrons.